The summed E-state index contributed by atoms with van der Waals surface area (Å²) in [4.78, 5) is 36.9. The number of ether oxygens (including phenoxy) is 1. The van der Waals surface area contributed by atoms with E-state index in [1.165, 1.54) is 43.3 Å². The number of amides is 1. The molecule has 0 bridgehead atoms. The minimum atomic E-state index is -2.56. The molecule has 0 aliphatic carbocycles. The minimum absolute atomic E-state index is 0. The van der Waals surface area contributed by atoms with Gasteiger partial charge in [-0.25, -0.2) is 4.79 Å². The lowest BCUT2D eigenvalue weighted by atomic mass is 10.0. The zero-order chi connectivity index (χ0) is 20.0. The number of nitrogens with two attached hydrogens (primary N) is 1. The first-order valence-electron chi connectivity index (χ1n) is 8.08. The number of hydrogen-bond acceptors (Lipinski definition) is 5. The number of carboxylic acid groups (broad SMARTS) is 1. The number of amidine groups is 1. The summed E-state index contributed by atoms with van der Waals surface area (Å²) in [5, 5.41) is 19.2. The quantitative estimate of drug-likeness (QED) is 0.229. The van der Waals surface area contributed by atoms with Gasteiger partial charge in [-0.05, 0) is 24.3 Å². The fourth-order valence-corrected chi connectivity index (χ4v) is 2.32. The molecule has 2 aromatic rings. The first-order valence-corrected chi connectivity index (χ1v) is 8.08. The molecule has 0 aliphatic heterocycles. The summed E-state index contributed by atoms with van der Waals surface area (Å²) in [5.41, 5.74) is 3.30. The average Bonchev–Trinajstić information content (AvgIpc) is 2.67. The monoisotopic (exact) mass is 405 g/mol. The van der Waals surface area contributed by atoms with Crippen LogP contribution in [0.2, 0.25) is 0 Å². The van der Waals surface area contributed by atoms with Gasteiger partial charge in [0.15, 0.2) is 0 Å². The number of aliphatic carboxylic acids is 1. The fraction of sp³-hybridized carbons (Fsp3) is 0.158. The molecule has 1 atom stereocenters. The van der Waals surface area contributed by atoms with Gasteiger partial charge in [-0.15, -0.1) is 12.4 Å². The Bertz CT molecular complexity index is 871. The van der Waals surface area contributed by atoms with Crippen molar-refractivity contribution in [2.45, 2.75) is 19.1 Å². The van der Waals surface area contributed by atoms with Gasteiger partial charge in [0.05, 0.1) is 0 Å². The maximum atomic E-state index is 12.6. The predicted octanol–water partition coefficient (Wildman–Crippen LogP) is 1.96. The summed E-state index contributed by atoms with van der Waals surface area (Å²) < 4.78 is 5.44. The summed E-state index contributed by atoms with van der Waals surface area (Å²) in [6.07, 6.45) is -0.164. The molecule has 2 rings (SSSR count). The second-order valence-electron chi connectivity index (χ2n) is 5.62. The van der Waals surface area contributed by atoms with Crippen molar-refractivity contribution in [1.82, 2.24) is 5.32 Å². The van der Waals surface area contributed by atoms with Gasteiger partial charge in [0.1, 0.15) is 11.6 Å². The summed E-state index contributed by atoms with van der Waals surface area (Å²) >= 11 is 0. The van der Waals surface area contributed by atoms with Crippen LogP contribution in [0, 0.1) is 5.41 Å². The van der Waals surface area contributed by atoms with Gasteiger partial charge in [-0.2, -0.15) is 0 Å². The van der Waals surface area contributed by atoms with Crippen LogP contribution in [0.1, 0.15) is 29.3 Å². The summed E-state index contributed by atoms with van der Waals surface area (Å²) in [6.45, 7) is 1.47. The highest BCUT2D eigenvalue weighted by Gasteiger charge is 2.49. The lowest BCUT2D eigenvalue weighted by molar-refractivity contribution is -0.164. The Morgan fingerprint density at radius 3 is 2.07 bits per heavy atom. The standard InChI is InChI=1S/C19H19N3O5.ClH/c1-2-15(23)19(18(25)26,27-14-6-4-3-5-7-14)22-17(24)13-10-8-12(9-11-13)16(20)21;/h3-11H,2H2,1H3,(H3,20,21)(H,22,24)(H,25,26);1H. The zero-order valence-corrected chi connectivity index (χ0v) is 15.8. The number of nitrogens with one attached hydrogen (secondary N) is 2. The van der Waals surface area contributed by atoms with Crippen LogP contribution in [0.15, 0.2) is 54.6 Å². The number of nitrogen functional groups attached to an aromatic ring is 1. The molecule has 0 heterocycles. The second-order valence-corrected chi connectivity index (χ2v) is 5.62. The molecule has 5 N–H and O–H groups in total. The summed E-state index contributed by atoms with van der Waals surface area (Å²) in [6, 6.07) is 13.5. The van der Waals surface area contributed by atoms with E-state index in [9.17, 15) is 19.5 Å². The number of carbonyl (C=O) groups is 3. The Kier molecular flexibility index (Phi) is 7.70. The SMILES string of the molecule is CCC(=O)C(NC(=O)c1ccc(C(=N)N)cc1)(Oc1ccccc1)C(=O)O.Cl. The Balaban J connectivity index is 0.00000392. The van der Waals surface area contributed by atoms with E-state index in [0.29, 0.717) is 5.56 Å². The molecule has 0 spiro atoms. The average molecular weight is 406 g/mol. The van der Waals surface area contributed by atoms with E-state index in [4.69, 9.17) is 15.9 Å². The molecule has 0 aromatic heterocycles. The van der Waals surface area contributed by atoms with Gasteiger partial charge in [0.2, 0.25) is 5.78 Å². The van der Waals surface area contributed by atoms with Crippen molar-refractivity contribution in [1.29, 1.82) is 5.41 Å². The van der Waals surface area contributed by atoms with Gasteiger partial charge in [0.25, 0.3) is 5.91 Å². The lowest BCUT2D eigenvalue weighted by Crippen LogP contribution is -2.64. The van der Waals surface area contributed by atoms with Crippen molar-refractivity contribution in [3.63, 3.8) is 0 Å². The molecule has 8 nitrogen and oxygen atoms in total. The number of halogens is 1. The smallest absolute Gasteiger partial charge is 0.378 e. The largest absolute Gasteiger partial charge is 0.476 e. The van der Waals surface area contributed by atoms with Gasteiger partial charge >= 0.3 is 11.7 Å². The molecule has 0 saturated heterocycles. The van der Waals surface area contributed by atoms with E-state index < -0.39 is 23.4 Å². The maximum Gasteiger partial charge on any atom is 0.378 e. The number of ketones is 1. The Hall–Kier alpha value is -3.39. The topological polar surface area (TPSA) is 143 Å². The van der Waals surface area contributed by atoms with E-state index in [-0.39, 0.29) is 36.0 Å². The van der Waals surface area contributed by atoms with Crippen molar-refractivity contribution < 1.29 is 24.2 Å². The first-order chi connectivity index (χ1) is 12.8. The van der Waals surface area contributed by atoms with Gasteiger partial charge < -0.3 is 15.6 Å². The number of carbonyl (C=O) groups excluding carboxylic acids is 2. The van der Waals surface area contributed by atoms with Gasteiger partial charge in [-0.1, -0.05) is 37.3 Å². The van der Waals surface area contributed by atoms with Crippen LogP contribution in [0.3, 0.4) is 0 Å². The minimum Gasteiger partial charge on any atom is -0.476 e. The molecule has 1 unspecified atom stereocenters. The summed E-state index contributed by atoms with van der Waals surface area (Å²) in [5.74, 6) is -3.31. The first kappa shape index (κ1) is 22.7. The lowest BCUT2D eigenvalue weighted by Gasteiger charge is -2.29. The van der Waals surface area contributed by atoms with Crippen molar-refractivity contribution in [2.75, 3.05) is 0 Å². The van der Waals surface area contributed by atoms with Crippen LogP contribution in [0.4, 0.5) is 0 Å². The van der Waals surface area contributed by atoms with Crippen molar-refractivity contribution in [3.8, 4) is 5.75 Å². The zero-order valence-electron chi connectivity index (χ0n) is 15.0. The molecule has 9 heteroatoms. The maximum absolute atomic E-state index is 12.6. The fourth-order valence-electron chi connectivity index (χ4n) is 2.32. The van der Waals surface area contributed by atoms with E-state index in [0.717, 1.165) is 0 Å². The number of Topliss-reactive ketones (excluding diaryl/α,β-unsaturated/α-hetero) is 1. The third kappa shape index (κ3) is 4.86. The van der Waals surface area contributed by atoms with Crippen molar-refractivity contribution in [3.05, 3.63) is 65.7 Å². The highest BCUT2D eigenvalue weighted by atomic mass is 35.5. The van der Waals surface area contributed by atoms with E-state index in [1.54, 1.807) is 18.2 Å². The molecule has 28 heavy (non-hydrogen) atoms. The van der Waals surface area contributed by atoms with E-state index in [1.807, 2.05) is 0 Å². The van der Waals surface area contributed by atoms with Crippen molar-refractivity contribution in [2.24, 2.45) is 5.73 Å². The molecule has 0 fully saturated rings. The molecule has 148 valence electrons. The number of rotatable bonds is 8. The Morgan fingerprint density at radius 1 is 1.07 bits per heavy atom. The Labute approximate surface area is 167 Å². The molecule has 2 aromatic carbocycles. The predicted molar refractivity (Wildman–Crippen MR) is 105 cm³/mol. The number of hydrogen-bond donors (Lipinski definition) is 4. The number of carboxylic acids is 1. The molecule has 0 radical (unpaired) electrons. The van der Waals surface area contributed by atoms with E-state index in [2.05, 4.69) is 5.32 Å². The third-order valence-electron chi connectivity index (χ3n) is 3.78. The van der Waals surface area contributed by atoms with Crippen LogP contribution < -0.4 is 15.8 Å². The van der Waals surface area contributed by atoms with Gasteiger partial charge in [0, 0.05) is 17.5 Å². The van der Waals surface area contributed by atoms with Crippen LogP contribution in [0.25, 0.3) is 0 Å². The third-order valence-corrected chi connectivity index (χ3v) is 3.78. The summed E-state index contributed by atoms with van der Waals surface area (Å²) in [7, 11) is 0. The normalized spacial score (nSPS) is 12.0. The van der Waals surface area contributed by atoms with Crippen LogP contribution >= 0.6 is 12.4 Å². The second kappa shape index (κ2) is 9.52. The van der Waals surface area contributed by atoms with Crippen LogP contribution in [-0.2, 0) is 9.59 Å². The highest BCUT2D eigenvalue weighted by Crippen LogP contribution is 2.20. The molecule has 0 aliphatic rings. The molecular weight excluding hydrogens is 386 g/mol. The number of para-hydroxylation sites is 1. The van der Waals surface area contributed by atoms with Gasteiger partial charge in [-0.3, -0.25) is 20.3 Å². The molecule has 0 saturated carbocycles. The Morgan fingerprint density at radius 2 is 1.61 bits per heavy atom. The highest BCUT2D eigenvalue weighted by molar-refractivity contribution is 6.11. The molecule has 1 amide bonds. The molecular formula is C19H20ClN3O5. The van der Waals surface area contributed by atoms with Crippen LogP contribution in [0.5, 0.6) is 5.75 Å². The van der Waals surface area contributed by atoms with Crippen molar-refractivity contribution >= 4 is 35.9 Å². The van der Waals surface area contributed by atoms with Crippen LogP contribution in [-0.4, -0.2) is 34.3 Å². The van der Waals surface area contributed by atoms with E-state index >= 15 is 0 Å². The number of benzene rings is 2.